The Morgan fingerprint density at radius 2 is 2.10 bits per heavy atom. The summed E-state index contributed by atoms with van der Waals surface area (Å²) in [6, 6.07) is 4.92. The zero-order chi connectivity index (χ0) is 15.6. The number of hydrogen-bond acceptors (Lipinski definition) is 5. The number of sulfonamides is 1. The first kappa shape index (κ1) is 15.5. The van der Waals surface area contributed by atoms with E-state index in [4.69, 9.17) is 16.0 Å². The Kier molecular flexibility index (Phi) is 4.31. The van der Waals surface area contributed by atoms with Crippen molar-refractivity contribution in [3.8, 4) is 0 Å². The molecule has 0 unspecified atom stereocenters. The highest BCUT2D eigenvalue weighted by Gasteiger charge is 2.26. The van der Waals surface area contributed by atoms with Gasteiger partial charge in [-0.1, -0.05) is 11.6 Å². The highest BCUT2D eigenvalue weighted by Crippen LogP contribution is 2.28. The van der Waals surface area contributed by atoms with Gasteiger partial charge in [0.15, 0.2) is 0 Å². The van der Waals surface area contributed by atoms with E-state index >= 15 is 0 Å². The van der Waals surface area contributed by atoms with Gasteiger partial charge in [0.2, 0.25) is 10.0 Å². The zero-order valence-electron chi connectivity index (χ0n) is 10.9. The van der Waals surface area contributed by atoms with E-state index in [0.717, 1.165) is 16.4 Å². The van der Waals surface area contributed by atoms with Crippen molar-refractivity contribution in [2.24, 2.45) is 0 Å². The molecule has 0 bridgehead atoms. The lowest BCUT2D eigenvalue weighted by Gasteiger charge is -2.17. The molecule has 7 nitrogen and oxygen atoms in total. The summed E-state index contributed by atoms with van der Waals surface area (Å²) in [5.74, 6) is 0. The van der Waals surface area contributed by atoms with Crippen LogP contribution in [0, 0.1) is 10.1 Å². The Morgan fingerprint density at radius 1 is 1.38 bits per heavy atom. The van der Waals surface area contributed by atoms with Crippen LogP contribution in [0.3, 0.4) is 0 Å². The molecule has 0 N–H and O–H groups in total. The van der Waals surface area contributed by atoms with Gasteiger partial charge in [-0.3, -0.25) is 10.1 Å². The third-order valence-electron chi connectivity index (χ3n) is 2.80. The van der Waals surface area contributed by atoms with Gasteiger partial charge in [0, 0.05) is 31.3 Å². The molecule has 0 radical (unpaired) electrons. The average Bonchev–Trinajstić information content (AvgIpc) is 2.91. The lowest BCUT2D eigenvalue weighted by Crippen LogP contribution is -2.26. The minimum atomic E-state index is -3.95. The van der Waals surface area contributed by atoms with Crippen LogP contribution in [0.15, 0.2) is 46.1 Å². The monoisotopic (exact) mass is 330 g/mol. The summed E-state index contributed by atoms with van der Waals surface area (Å²) < 4.78 is 30.8. The Balaban J connectivity index is 2.38. The number of non-ortho nitro benzene ring substituents is 1. The number of rotatable bonds is 5. The Bertz CT molecular complexity index is 758. The number of furan rings is 1. The number of benzene rings is 1. The third-order valence-corrected chi connectivity index (χ3v) is 5.08. The first-order chi connectivity index (χ1) is 9.82. The van der Waals surface area contributed by atoms with E-state index in [1.807, 2.05) is 0 Å². The molecule has 2 aromatic rings. The standard InChI is InChI=1S/C12H11ClN2O5S/c1-14(7-9-4-5-20-8-9)21(18,19)12-6-10(15(16)17)2-3-11(12)13/h2-6,8H,7H2,1H3. The predicted octanol–water partition coefficient (Wildman–Crippen LogP) is 2.66. The average molecular weight is 331 g/mol. The molecule has 1 heterocycles. The second-order valence-electron chi connectivity index (χ2n) is 4.26. The highest BCUT2D eigenvalue weighted by molar-refractivity contribution is 7.89. The van der Waals surface area contributed by atoms with Crippen molar-refractivity contribution in [3.63, 3.8) is 0 Å². The van der Waals surface area contributed by atoms with E-state index in [0.29, 0.717) is 5.56 Å². The smallest absolute Gasteiger partial charge is 0.270 e. The third kappa shape index (κ3) is 3.23. The molecule has 0 aliphatic carbocycles. The van der Waals surface area contributed by atoms with Crippen LogP contribution in [0.25, 0.3) is 0 Å². The van der Waals surface area contributed by atoms with Crippen LogP contribution in [0.5, 0.6) is 0 Å². The molecule has 21 heavy (non-hydrogen) atoms. The molecule has 0 aliphatic heterocycles. The number of nitro groups is 1. The van der Waals surface area contributed by atoms with Gasteiger partial charge in [0.1, 0.15) is 4.90 Å². The molecule has 1 aromatic heterocycles. The fourth-order valence-electron chi connectivity index (χ4n) is 1.70. The van der Waals surface area contributed by atoms with Gasteiger partial charge in [0.25, 0.3) is 5.69 Å². The summed E-state index contributed by atoms with van der Waals surface area (Å²) in [6.07, 6.45) is 2.84. The van der Waals surface area contributed by atoms with Crippen molar-refractivity contribution in [1.29, 1.82) is 0 Å². The van der Waals surface area contributed by atoms with Crippen molar-refractivity contribution >= 4 is 27.3 Å². The molecule has 0 aliphatic rings. The molecule has 9 heteroatoms. The van der Waals surface area contributed by atoms with Crippen LogP contribution in [-0.4, -0.2) is 24.7 Å². The summed E-state index contributed by atoms with van der Waals surface area (Å²) in [4.78, 5) is 9.78. The van der Waals surface area contributed by atoms with Crippen molar-refractivity contribution in [2.45, 2.75) is 11.4 Å². The van der Waals surface area contributed by atoms with E-state index in [9.17, 15) is 18.5 Å². The van der Waals surface area contributed by atoms with E-state index < -0.39 is 14.9 Å². The first-order valence-corrected chi connectivity index (χ1v) is 7.55. The summed E-state index contributed by atoms with van der Waals surface area (Å²) >= 11 is 5.86. The minimum Gasteiger partial charge on any atom is -0.472 e. The second kappa shape index (κ2) is 5.84. The van der Waals surface area contributed by atoms with Crippen LogP contribution in [0.4, 0.5) is 5.69 Å². The van der Waals surface area contributed by atoms with Gasteiger partial charge >= 0.3 is 0 Å². The van der Waals surface area contributed by atoms with Crippen LogP contribution < -0.4 is 0 Å². The van der Waals surface area contributed by atoms with E-state index in [-0.39, 0.29) is 22.2 Å². The normalized spacial score (nSPS) is 11.8. The molecular weight excluding hydrogens is 320 g/mol. The van der Waals surface area contributed by atoms with Crippen LogP contribution in [0.1, 0.15) is 5.56 Å². The maximum absolute atomic E-state index is 12.4. The second-order valence-corrected chi connectivity index (χ2v) is 6.69. The lowest BCUT2D eigenvalue weighted by molar-refractivity contribution is -0.385. The molecule has 112 valence electrons. The van der Waals surface area contributed by atoms with Gasteiger partial charge < -0.3 is 4.42 Å². The molecule has 0 atom stereocenters. The highest BCUT2D eigenvalue weighted by atomic mass is 35.5. The van der Waals surface area contributed by atoms with Crippen LogP contribution in [-0.2, 0) is 16.6 Å². The van der Waals surface area contributed by atoms with E-state index in [1.165, 1.54) is 25.6 Å². The number of halogens is 1. The van der Waals surface area contributed by atoms with E-state index in [2.05, 4.69) is 0 Å². The first-order valence-electron chi connectivity index (χ1n) is 5.73. The number of hydrogen-bond donors (Lipinski definition) is 0. The van der Waals surface area contributed by atoms with Gasteiger partial charge in [0.05, 0.1) is 22.5 Å². The van der Waals surface area contributed by atoms with Crippen molar-refractivity contribution in [1.82, 2.24) is 4.31 Å². The number of nitrogens with zero attached hydrogens (tertiary/aromatic N) is 2. The molecule has 0 amide bonds. The molecular formula is C12H11ClN2O5S. The fourth-order valence-corrected chi connectivity index (χ4v) is 3.34. The molecule has 1 aromatic carbocycles. The summed E-state index contributed by atoms with van der Waals surface area (Å²) in [6.45, 7) is 0.0673. The molecule has 2 rings (SSSR count). The van der Waals surface area contributed by atoms with Crippen molar-refractivity contribution in [2.75, 3.05) is 7.05 Å². The zero-order valence-corrected chi connectivity index (χ0v) is 12.5. The number of nitro benzene ring substituents is 1. The Labute approximate surface area is 125 Å². The van der Waals surface area contributed by atoms with Gasteiger partial charge in [-0.15, -0.1) is 0 Å². The summed E-state index contributed by atoms with van der Waals surface area (Å²) in [7, 11) is -2.59. The van der Waals surface area contributed by atoms with Crippen molar-refractivity contribution < 1.29 is 17.8 Å². The maximum Gasteiger partial charge on any atom is 0.270 e. The largest absolute Gasteiger partial charge is 0.472 e. The molecule has 0 fully saturated rings. The Hall–Kier alpha value is -1.90. The predicted molar refractivity (Wildman–Crippen MR) is 75.5 cm³/mol. The fraction of sp³-hybridized carbons (Fsp3) is 0.167. The van der Waals surface area contributed by atoms with Gasteiger partial charge in [-0.05, 0) is 12.1 Å². The Morgan fingerprint density at radius 3 is 2.67 bits per heavy atom. The lowest BCUT2D eigenvalue weighted by atomic mass is 10.3. The minimum absolute atomic E-state index is 0.0673. The van der Waals surface area contributed by atoms with Crippen LogP contribution >= 0.6 is 11.6 Å². The topological polar surface area (TPSA) is 93.7 Å². The molecule has 0 spiro atoms. The molecule has 0 saturated heterocycles. The van der Waals surface area contributed by atoms with Gasteiger partial charge in [-0.2, -0.15) is 4.31 Å². The molecule has 0 saturated carbocycles. The summed E-state index contributed by atoms with van der Waals surface area (Å²) in [5, 5.41) is 10.7. The van der Waals surface area contributed by atoms with Gasteiger partial charge in [-0.25, -0.2) is 8.42 Å². The van der Waals surface area contributed by atoms with Crippen molar-refractivity contribution in [3.05, 3.63) is 57.5 Å². The quantitative estimate of drug-likeness (QED) is 0.620. The van der Waals surface area contributed by atoms with Crippen LogP contribution in [0.2, 0.25) is 5.02 Å². The SMILES string of the molecule is CN(Cc1ccoc1)S(=O)(=O)c1cc([N+](=O)[O-])ccc1Cl. The maximum atomic E-state index is 12.4. The van der Waals surface area contributed by atoms with E-state index in [1.54, 1.807) is 6.07 Å². The summed E-state index contributed by atoms with van der Waals surface area (Å²) in [5.41, 5.74) is 0.317.